The molecule has 6 rings (SSSR count). The van der Waals surface area contributed by atoms with Crippen molar-refractivity contribution >= 4 is 28.7 Å². The van der Waals surface area contributed by atoms with Gasteiger partial charge in [-0.15, -0.1) is 0 Å². The first kappa shape index (κ1) is 25.0. The minimum absolute atomic E-state index is 0.146. The summed E-state index contributed by atoms with van der Waals surface area (Å²) in [6, 6.07) is 7.70. The molecule has 11 heteroatoms. The molecule has 2 saturated heterocycles. The largest absolute Gasteiger partial charge is 0.378 e. The second-order valence-corrected chi connectivity index (χ2v) is 10.4. The van der Waals surface area contributed by atoms with Gasteiger partial charge in [0, 0.05) is 44.2 Å². The van der Waals surface area contributed by atoms with E-state index in [1.807, 2.05) is 24.0 Å². The van der Waals surface area contributed by atoms with Crippen LogP contribution in [0.1, 0.15) is 56.3 Å². The number of nitrogens with zero attached hydrogens (tertiary/aromatic N) is 6. The van der Waals surface area contributed by atoms with Crippen molar-refractivity contribution < 1.29 is 18.3 Å². The van der Waals surface area contributed by atoms with Crippen LogP contribution >= 0.6 is 0 Å². The van der Waals surface area contributed by atoms with E-state index in [0.717, 1.165) is 44.2 Å². The van der Waals surface area contributed by atoms with E-state index in [9.17, 15) is 13.6 Å². The molecule has 0 radical (unpaired) electrons. The Balaban J connectivity index is 1.33. The van der Waals surface area contributed by atoms with E-state index >= 15 is 0 Å². The van der Waals surface area contributed by atoms with E-state index < -0.39 is 6.43 Å². The van der Waals surface area contributed by atoms with Gasteiger partial charge in [-0.2, -0.15) is 9.97 Å². The quantitative estimate of drug-likeness (QED) is 0.515. The molecule has 202 valence electrons. The van der Waals surface area contributed by atoms with Crippen LogP contribution in [0.15, 0.2) is 24.3 Å². The van der Waals surface area contributed by atoms with Gasteiger partial charge in [0.2, 0.25) is 11.9 Å². The van der Waals surface area contributed by atoms with Gasteiger partial charge in [-0.25, -0.2) is 13.8 Å². The monoisotopic (exact) mass is 525 g/mol. The maximum Gasteiger partial charge on any atom is 0.296 e. The minimum Gasteiger partial charge on any atom is -0.378 e. The summed E-state index contributed by atoms with van der Waals surface area (Å²) >= 11 is 0. The highest BCUT2D eigenvalue weighted by atomic mass is 19.3. The SMILES string of the molecule is Cc1ccc2nc(C(F)F)n(-c3cc(N4CCOCC4)nc(N[C@H]4CC[C@H](N5CCCC5=O)CC4)n3)c2c1. The van der Waals surface area contributed by atoms with Crippen molar-refractivity contribution in [2.45, 2.75) is 64.0 Å². The van der Waals surface area contributed by atoms with E-state index in [1.54, 1.807) is 12.1 Å². The Labute approximate surface area is 220 Å². The number of carbonyl (C=O) groups excluding carboxylic acids is 1. The first-order valence-corrected chi connectivity index (χ1v) is 13.5. The van der Waals surface area contributed by atoms with Crippen molar-refractivity contribution in [3.63, 3.8) is 0 Å². The summed E-state index contributed by atoms with van der Waals surface area (Å²) in [5, 5.41) is 3.49. The zero-order valence-corrected chi connectivity index (χ0v) is 21.6. The highest BCUT2D eigenvalue weighted by Crippen LogP contribution is 2.31. The number of morpholine rings is 1. The molecule has 3 fully saturated rings. The van der Waals surface area contributed by atoms with Crippen LogP contribution in [0.2, 0.25) is 0 Å². The molecule has 1 N–H and O–H groups in total. The average Bonchev–Trinajstić information content (AvgIpc) is 3.53. The number of fused-ring (bicyclic) bond motifs is 1. The van der Waals surface area contributed by atoms with Crippen LogP contribution in [-0.2, 0) is 9.53 Å². The van der Waals surface area contributed by atoms with Gasteiger partial charge >= 0.3 is 0 Å². The zero-order valence-electron chi connectivity index (χ0n) is 21.6. The molecule has 0 unspecified atom stereocenters. The van der Waals surface area contributed by atoms with Crippen molar-refractivity contribution in [1.82, 2.24) is 24.4 Å². The Morgan fingerprint density at radius 3 is 2.47 bits per heavy atom. The molecule has 3 aliphatic rings. The number of hydrogen-bond acceptors (Lipinski definition) is 7. The molecule has 2 aromatic heterocycles. The lowest BCUT2D eigenvalue weighted by Gasteiger charge is -2.35. The third kappa shape index (κ3) is 4.91. The summed E-state index contributed by atoms with van der Waals surface area (Å²) in [6.07, 6.45) is 2.50. The molecule has 4 heterocycles. The molecule has 1 saturated carbocycles. The third-order valence-electron chi connectivity index (χ3n) is 7.88. The molecule has 0 spiro atoms. The topological polar surface area (TPSA) is 88.4 Å². The summed E-state index contributed by atoms with van der Waals surface area (Å²) < 4.78 is 35.3. The van der Waals surface area contributed by atoms with E-state index in [4.69, 9.17) is 14.7 Å². The molecule has 0 atom stereocenters. The fourth-order valence-corrected chi connectivity index (χ4v) is 5.92. The van der Waals surface area contributed by atoms with Crippen LogP contribution in [0.3, 0.4) is 0 Å². The molecule has 38 heavy (non-hydrogen) atoms. The number of ether oxygens (including phenoxy) is 1. The van der Waals surface area contributed by atoms with Gasteiger partial charge in [0.1, 0.15) is 11.6 Å². The lowest BCUT2D eigenvalue weighted by Crippen LogP contribution is -2.41. The number of alkyl halides is 2. The number of rotatable bonds is 6. The number of aryl methyl sites for hydroxylation is 1. The number of halogens is 2. The number of likely N-dealkylation sites (tertiary alicyclic amines) is 1. The van der Waals surface area contributed by atoms with Gasteiger partial charge in [0.05, 0.1) is 24.2 Å². The fourth-order valence-electron chi connectivity index (χ4n) is 5.92. The summed E-state index contributed by atoms with van der Waals surface area (Å²) in [6.45, 7) is 5.28. The highest BCUT2D eigenvalue weighted by molar-refractivity contribution is 5.79. The number of imidazole rings is 1. The molecule has 9 nitrogen and oxygen atoms in total. The number of hydrogen-bond donors (Lipinski definition) is 1. The third-order valence-corrected chi connectivity index (χ3v) is 7.88. The predicted molar refractivity (Wildman–Crippen MR) is 140 cm³/mol. The molecule has 1 aliphatic carbocycles. The predicted octanol–water partition coefficient (Wildman–Crippen LogP) is 4.24. The zero-order chi connectivity index (χ0) is 26.2. The van der Waals surface area contributed by atoms with Crippen LogP contribution < -0.4 is 10.2 Å². The number of anilines is 2. The van der Waals surface area contributed by atoms with Crippen LogP contribution in [0, 0.1) is 6.92 Å². The van der Waals surface area contributed by atoms with Gasteiger partial charge in [0.15, 0.2) is 5.82 Å². The molecule has 1 aromatic carbocycles. The highest BCUT2D eigenvalue weighted by Gasteiger charge is 2.32. The van der Waals surface area contributed by atoms with Gasteiger partial charge in [-0.3, -0.25) is 9.36 Å². The first-order chi connectivity index (χ1) is 18.5. The van der Waals surface area contributed by atoms with Crippen LogP contribution in [0.25, 0.3) is 16.9 Å². The van der Waals surface area contributed by atoms with Crippen molar-refractivity contribution in [2.75, 3.05) is 43.1 Å². The van der Waals surface area contributed by atoms with E-state index in [2.05, 4.69) is 15.2 Å². The van der Waals surface area contributed by atoms with Crippen molar-refractivity contribution in [3.8, 4) is 5.82 Å². The van der Waals surface area contributed by atoms with Gasteiger partial charge in [-0.1, -0.05) is 6.07 Å². The molecule has 0 bridgehead atoms. The fraction of sp³-hybridized carbons (Fsp3) is 0.556. The lowest BCUT2D eigenvalue weighted by atomic mass is 9.90. The number of carbonyl (C=O) groups is 1. The Hall–Kier alpha value is -3.34. The normalized spacial score (nSPS) is 22.6. The summed E-state index contributed by atoms with van der Waals surface area (Å²) in [7, 11) is 0. The Kier molecular flexibility index (Phi) is 6.86. The van der Waals surface area contributed by atoms with Gasteiger partial charge < -0.3 is 19.9 Å². The molecule has 1 amide bonds. The first-order valence-electron chi connectivity index (χ1n) is 13.5. The number of nitrogens with one attached hydrogen (secondary N) is 1. The average molecular weight is 526 g/mol. The molecular weight excluding hydrogens is 492 g/mol. The number of aromatic nitrogens is 4. The Bertz CT molecular complexity index is 1320. The van der Waals surface area contributed by atoms with Crippen LogP contribution in [-0.4, -0.2) is 75.3 Å². The standard InChI is InChI=1S/C27H33F2N7O2/c1-17-4-9-20-21(15-17)36(26(31-20)25(28)29)23-16-22(34-11-13-38-14-12-34)32-27(33-23)30-18-5-7-19(8-6-18)35-10-2-3-24(35)37/h4,9,15-16,18-19,25H,2-3,5-8,10-14H2,1H3,(H,30,32,33)/t18-,19-. The van der Waals surface area contributed by atoms with Crippen LogP contribution in [0.5, 0.6) is 0 Å². The summed E-state index contributed by atoms with van der Waals surface area (Å²) in [4.78, 5) is 30.1. The second kappa shape index (κ2) is 10.4. The van der Waals surface area contributed by atoms with Crippen molar-refractivity contribution in [1.29, 1.82) is 0 Å². The Morgan fingerprint density at radius 2 is 1.76 bits per heavy atom. The van der Waals surface area contributed by atoms with Gasteiger partial charge in [0.25, 0.3) is 6.43 Å². The minimum atomic E-state index is -2.76. The molecule has 2 aliphatic heterocycles. The molecular formula is C27H33F2N7O2. The number of amides is 1. The van der Waals surface area contributed by atoms with E-state index in [-0.39, 0.29) is 17.8 Å². The van der Waals surface area contributed by atoms with E-state index in [0.29, 0.717) is 67.4 Å². The van der Waals surface area contributed by atoms with E-state index in [1.165, 1.54) is 4.57 Å². The summed E-state index contributed by atoms with van der Waals surface area (Å²) in [5.41, 5.74) is 2.05. The lowest BCUT2D eigenvalue weighted by molar-refractivity contribution is -0.130. The maximum absolute atomic E-state index is 14.2. The van der Waals surface area contributed by atoms with Gasteiger partial charge in [-0.05, 0) is 56.7 Å². The Morgan fingerprint density at radius 1 is 1.00 bits per heavy atom. The number of benzene rings is 1. The maximum atomic E-state index is 14.2. The van der Waals surface area contributed by atoms with Crippen molar-refractivity contribution in [2.24, 2.45) is 0 Å². The molecule has 3 aromatic rings. The van der Waals surface area contributed by atoms with Crippen LogP contribution in [0.4, 0.5) is 20.5 Å². The smallest absolute Gasteiger partial charge is 0.296 e. The summed E-state index contributed by atoms with van der Waals surface area (Å²) in [5.74, 6) is 1.39. The van der Waals surface area contributed by atoms with Crippen molar-refractivity contribution in [3.05, 3.63) is 35.7 Å². The second-order valence-electron chi connectivity index (χ2n) is 10.4.